The summed E-state index contributed by atoms with van der Waals surface area (Å²) in [7, 11) is -3.20. The number of carbonyl (C=O) groups excluding carboxylic acids is 1. The van der Waals surface area contributed by atoms with Crippen molar-refractivity contribution in [2.24, 2.45) is 0 Å². The van der Waals surface area contributed by atoms with Gasteiger partial charge >= 0.3 is 6.18 Å². The van der Waals surface area contributed by atoms with Crippen LogP contribution in [-0.2, 0) is 15.6 Å². The van der Waals surface area contributed by atoms with Crippen LogP contribution < -0.4 is 5.32 Å². The summed E-state index contributed by atoms with van der Waals surface area (Å²) in [6.07, 6.45) is -3.48. The number of alkyl halides is 4. The van der Waals surface area contributed by atoms with Crippen LogP contribution in [0.4, 0.5) is 18.9 Å². The standard InChI is InChI=1S/C17H15ClF3NO3S2/c1-27(24,25)10-11-6-8-12(9-7-11)15(23)22-13-4-2-3-5-14(13)26-16(18)17(19,20)21/h2-9,16H,10H2,1H3,(H,22,23). The minimum absolute atomic E-state index is 0.150. The summed E-state index contributed by atoms with van der Waals surface area (Å²) in [5.41, 5.74) is 0.966. The number of benzene rings is 2. The van der Waals surface area contributed by atoms with Crippen molar-refractivity contribution < 1.29 is 26.4 Å². The second-order valence-electron chi connectivity index (χ2n) is 5.69. The molecule has 2 aromatic rings. The van der Waals surface area contributed by atoms with Crippen molar-refractivity contribution in [3.63, 3.8) is 0 Å². The molecule has 0 aliphatic carbocycles. The Hall–Kier alpha value is -1.71. The Labute approximate surface area is 164 Å². The summed E-state index contributed by atoms with van der Waals surface area (Å²) in [6, 6.07) is 11.9. The number of halogens is 4. The fourth-order valence-corrected chi connectivity index (χ4v) is 3.95. The first-order chi connectivity index (χ1) is 12.5. The van der Waals surface area contributed by atoms with E-state index >= 15 is 0 Å². The summed E-state index contributed by atoms with van der Waals surface area (Å²) < 4.78 is 58.4. The van der Waals surface area contributed by atoms with Gasteiger partial charge in [0, 0.05) is 16.7 Å². The maximum Gasteiger partial charge on any atom is 0.414 e. The average molecular weight is 438 g/mol. The first kappa shape index (κ1) is 21.6. The van der Waals surface area contributed by atoms with E-state index in [9.17, 15) is 26.4 Å². The maximum atomic E-state index is 12.7. The highest BCUT2D eigenvalue weighted by Crippen LogP contribution is 2.40. The van der Waals surface area contributed by atoms with E-state index < -0.39 is 26.6 Å². The number of hydrogen-bond acceptors (Lipinski definition) is 4. The summed E-state index contributed by atoms with van der Waals surface area (Å²) >= 11 is 5.75. The molecule has 0 heterocycles. The van der Waals surface area contributed by atoms with Crippen molar-refractivity contribution >= 4 is 44.8 Å². The van der Waals surface area contributed by atoms with E-state index in [1.165, 1.54) is 42.5 Å². The molecule has 1 atom stereocenters. The fourth-order valence-electron chi connectivity index (χ4n) is 2.10. The molecule has 10 heteroatoms. The zero-order chi connectivity index (χ0) is 20.2. The van der Waals surface area contributed by atoms with Crippen LogP contribution in [0.15, 0.2) is 53.4 Å². The molecule has 0 saturated heterocycles. The number of nitrogens with one attached hydrogen (secondary N) is 1. The van der Waals surface area contributed by atoms with Gasteiger partial charge in [-0.15, -0.1) is 11.6 Å². The van der Waals surface area contributed by atoms with E-state index in [1.807, 2.05) is 0 Å². The number of para-hydroxylation sites is 1. The van der Waals surface area contributed by atoms with E-state index in [4.69, 9.17) is 11.6 Å². The first-order valence-electron chi connectivity index (χ1n) is 7.50. The Morgan fingerprint density at radius 2 is 1.74 bits per heavy atom. The lowest BCUT2D eigenvalue weighted by atomic mass is 10.1. The Balaban J connectivity index is 2.14. The lowest BCUT2D eigenvalue weighted by molar-refractivity contribution is -0.113. The van der Waals surface area contributed by atoms with Crippen LogP contribution in [0.3, 0.4) is 0 Å². The van der Waals surface area contributed by atoms with Crippen molar-refractivity contribution in [1.29, 1.82) is 0 Å². The molecule has 0 saturated carbocycles. The topological polar surface area (TPSA) is 63.2 Å². The largest absolute Gasteiger partial charge is 0.414 e. The monoisotopic (exact) mass is 437 g/mol. The van der Waals surface area contributed by atoms with E-state index in [1.54, 1.807) is 6.07 Å². The summed E-state index contributed by atoms with van der Waals surface area (Å²) in [6.45, 7) is 0. The summed E-state index contributed by atoms with van der Waals surface area (Å²) in [4.78, 5) is 12.5. The van der Waals surface area contributed by atoms with E-state index in [0.29, 0.717) is 17.3 Å². The third-order valence-electron chi connectivity index (χ3n) is 3.27. The van der Waals surface area contributed by atoms with Gasteiger partial charge < -0.3 is 5.32 Å². The Kier molecular flexibility index (Phi) is 6.82. The lowest BCUT2D eigenvalue weighted by Crippen LogP contribution is -2.20. The van der Waals surface area contributed by atoms with Crippen molar-refractivity contribution in [1.82, 2.24) is 0 Å². The van der Waals surface area contributed by atoms with Gasteiger partial charge in [-0.2, -0.15) is 13.2 Å². The minimum atomic E-state index is -4.58. The van der Waals surface area contributed by atoms with Crippen LogP contribution in [0.1, 0.15) is 15.9 Å². The SMILES string of the molecule is CS(=O)(=O)Cc1ccc(C(=O)Nc2ccccc2SC(Cl)C(F)(F)F)cc1. The average Bonchev–Trinajstić information content (AvgIpc) is 2.55. The molecule has 4 nitrogen and oxygen atoms in total. The highest BCUT2D eigenvalue weighted by Gasteiger charge is 2.39. The fraction of sp³-hybridized carbons (Fsp3) is 0.235. The third kappa shape index (κ3) is 6.75. The molecule has 1 unspecified atom stereocenters. The molecule has 0 aliphatic heterocycles. The molecule has 146 valence electrons. The second kappa shape index (κ2) is 8.53. The van der Waals surface area contributed by atoms with Gasteiger partial charge in [0.1, 0.15) is 0 Å². The summed E-state index contributed by atoms with van der Waals surface area (Å²) in [5.74, 6) is -0.685. The second-order valence-corrected chi connectivity index (χ2v) is 9.68. The van der Waals surface area contributed by atoms with E-state index in [-0.39, 0.29) is 21.9 Å². The normalized spacial score (nSPS) is 13.2. The van der Waals surface area contributed by atoms with Gasteiger partial charge in [-0.25, -0.2) is 8.42 Å². The molecule has 0 aromatic heterocycles. The number of amides is 1. The number of sulfone groups is 1. The molecule has 2 aromatic carbocycles. The lowest BCUT2D eigenvalue weighted by Gasteiger charge is -2.16. The van der Waals surface area contributed by atoms with Crippen LogP contribution in [0.5, 0.6) is 0 Å². The molecule has 27 heavy (non-hydrogen) atoms. The van der Waals surface area contributed by atoms with Gasteiger partial charge in [-0.1, -0.05) is 36.0 Å². The molecule has 0 spiro atoms. The van der Waals surface area contributed by atoms with Crippen LogP contribution in [-0.4, -0.2) is 31.5 Å². The zero-order valence-electron chi connectivity index (χ0n) is 14.0. The van der Waals surface area contributed by atoms with Crippen LogP contribution in [0, 0.1) is 0 Å². The Morgan fingerprint density at radius 3 is 2.30 bits per heavy atom. The number of carbonyl (C=O) groups is 1. The number of thioether (sulfide) groups is 1. The van der Waals surface area contributed by atoms with Crippen LogP contribution in [0.2, 0.25) is 0 Å². The van der Waals surface area contributed by atoms with Gasteiger partial charge in [0.2, 0.25) is 0 Å². The molecule has 0 fully saturated rings. The van der Waals surface area contributed by atoms with Gasteiger partial charge in [-0.3, -0.25) is 4.79 Å². The first-order valence-corrected chi connectivity index (χ1v) is 10.9. The summed E-state index contributed by atoms with van der Waals surface area (Å²) in [5, 5.41) is 2.55. The van der Waals surface area contributed by atoms with Gasteiger partial charge in [0.05, 0.1) is 11.4 Å². The third-order valence-corrected chi connectivity index (χ3v) is 5.72. The minimum Gasteiger partial charge on any atom is -0.321 e. The van der Waals surface area contributed by atoms with Crippen molar-refractivity contribution in [2.75, 3.05) is 11.6 Å². The number of anilines is 1. The molecule has 0 aliphatic rings. The van der Waals surface area contributed by atoms with Gasteiger partial charge in [0.15, 0.2) is 14.5 Å². The van der Waals surface area contributed by atoms with Crippen LogP contribution in [0.25, 0.3) is 0 Å². The van der Waals surface area contributed by atoms with Crippen molar-refractivity contribution in [3.8, 4) is 0 Å². The molecule has 2 rings (SSSR count). The maximum absolute atomic E-state index is 12.7. The van der Waals surface area contributed by atoms with Crippen molar-refractivity contribution in [2.45, 2.75) is 21.5 Å². The highest BCUT2D eigenvalue weighted by atomic mass is 35.5. The molecule has 1 N–H and O–H groups in total. The molecular formula is C17H15ClF3NO3S2. The van der Waals surface area contributed by atoms with E-state index in [2.05, 4.69) is 5.32 Å². The van der Waals surface area contributed by atoms with E-state index in [0.717, 1.165) is 6.26 Å². The quantitative estimate of drug-likeness (QED) is 0.525. The van der Waals surface area contributed by atoms with Crippen molar-refractivity contribution in [3.05, 3.63) is 59.7 Å². The van der Waals surface area contributed by atoms with Gasteiger partial charge in [0.25, 0.3) is 5.91 Å². The van der Waals surface area contributed by atoms with Crippen LogP contribution >= 0.6 is 23.4 Å². The Morgan fingerprint density at radius 1 is 1.15 bits per heavy atom. The number of rotatable bonds is 6. The molecular weight excluding hydrogens is 423 g/mol. The Bertz CT molecular complexity index is 916. The molecule has 1 amide bonds. The predicted octanol–water partition coefficient (Wildman–Crippen LogP) is 4.70. The number of hydrogen-bond donors (Lipinski definition) is 1. The molecule has 0 bridgehead atoms. The van der Waals surface area contributed by atoms with Gasteiger partial charge in [-0.05, 0) is 29.8 Å². The highest BCUT2D eigenvalue weighted by molar-refractivity contribution is 8.01. The zero-order valence-corrected chi connectivity index (χ0v) is 16.3. The predicted molar refractivity (Wildman–Crippen MR) is 101 cm³/mol. The molecule has 0 radical (unpaired) electrons. The smallest absolute Gasteiger partial charge is 0.321 e.